The Morgan fingerprint density at radius 1 is 1.36 bits per heavy atom. The molecule has 0 radical (unpaired) electrons. The maximum absolute atomic E-state index is 13.4. The molecule has 5 rings (SSSR count). The first-order valence-electron chi connectivity index (χ1n) is 10.4. The Hall–Kier alpha value is -3.63. The van der Waals surface area contributed by atoms with Crippen LogP contribution in [0.25, 0.3) is 12.2 Å². The molecule has 1 saturated carbocycles. The van der Waals surface area contributed by atoms with E-state index >= 15 is 0 Å². The van der Waals surface area contributed by atoms with Crippen molar-refractivity contribution in [2.75, 3.05) is 5.32 Å². The second-order valence-electron chi connectivity index (χ2n) is 7.87. The molecule has 0 aliphatic heterocycles. The third-order valence-electron chi connectivity index (χ3n) is 5.52. The number of carbonyl (C=O) groups is 1. The zero-order chi connectivity index (χ0) is 22.9. The van der Waals surface area contributed by atoms with Gasteiger partial charge in [0.05, 0.1) is 29.9 Å². The monoisotopic (exact) mass is 464 g/mol. The van der Waals surface area contributed by atoms with Gasteiger partial charge in [-0.2, -0.15) is 4.39 Å². The third kappa shape index (κ3) is 4.62. The lowest BCUT2D eigenvalue weighted by atomic mass is 10.2. The van der Waals surface area contributed by atoms with Gasteiger partial charge in [-0.3, -0.25) is 10.1 Å². The zero-order valence-electron chi connectivity index (χ0n) is 17.7. The van der Waals surface area contributed by atoms with Gasteiger partial charge in [0.2, 0.25) is 5.95 Å². The summed E-state index contributed by atoms with van der Waals surface area (Å²) in [6.07, 6.45) is 9.11. The summed E-state index contributed by atoms with van der Waals surface area (Å²) in [5, 5.41) is 14.8. The minimum absolute atomic E-state index is 0.122. The lowest BCUT2D eigenvalue weighted by Gasteiger charge is -2.09. The van der Waals surface area contributed by atoms with Crippen LogP contribution in [0.5, 0.6) is 0 Å². The number of anilines is 1. The lowest BCUT2D eigenvalue weighted by molar-refractivity contribution is 0.101. The molecule has 1 aliphatic carbocycles. The summed E-state index contributed by atoms with van der Waals surface area (Å²) in [6.45, 7) is 2.32. The van der Waals surface area contributed by atoms with E-state index in [9.17, 15) is 14.3 Å². The van der Waals surface area contributed by atoms with Crippen LogP contribution in [0.1, 0.15) is 45.6 Å². The predicted molar refractivity (Wildman–Crippen MR) is 123 cm³/mol. The van der Waals surface area contributed by atoms with Crippen molar-refractivity contribution in [1.29, 1.82) is 0 Å². The zero-order valence-corrected chi connectivity index (χ0v) is 18.5. The fourth-order valence-electron chi connectivity index (χ4n) is 3.64. The molecule has 2 unspecified atom stereocenters. The molecule has 4 aromatic heterocycles. The molecule has 168 valence electrons. The fraction of sp³-hybridized carbons (Fsp3) is 0.217. The van der Waals surface area contributed by atoms with Gasteiger partial charge in [-0.15, -0.1) is 11.3 Å². The molecular formula is C23H21FN6O2S. The van der Waals surface area contributed by atoms with E-state index in [4.69, 9.17) is 0 Å². The molecule has 2 atom stereocenters. The molecule has 1 amide bonds. The van der Waals surface area contributed by atoms with E-state index in [0.29, 0.717) is 28.6 Å². The van der Waals surface area contributed by atoms with E-state index in [1.807, 2.05) is 29.0 Å². The molecule has 0 saturated heterocycles. The van der Waals surface area contributed by atoms with Crippen molar-refractivity contribution in [2.24, 2.45) is 0 Å². The van der Waals surface area contributed by atoms with Gasteiger partial charge in [-0.05, 0) is 55.3 Å². The van der Waals surface area contributed by atoms with Crippen LogP contribution in [0.15, 0.2) is 48.4 Å². The second kappa shape index (κ2) is 8.72. The molecule has 0 spiro atoms. The van der Waals surface area contributed by atoms with Gasteiger partial charge in [0.15, 0.2) is 5.13 Å². The van der Waals surface area contributed by atoms with Gasteiger partial charge < -0.3 is 14.2 Å². The molecule has 8 nitrogen and oxygen atoms in total. The van der Waals surface area contributed by atoms with Crippen LogP contribution in [0, 0.1) is 12.9 Å². The Kier molecular flexibility index (Phi) is 5.61. The number of aromatic nitrogens is 5. The summed E-state index contributed by atoms with van der Waals surface area (Å²) < 4.78 is 17.1. The largest absolute Gasteiger partial charge is 0.391 e. The molecule has 4 heterocycles. The first-order chi connectivity index (χ1) is 16.0. The molecule has 0 aromatic carbocycles. The number of hydrogen-bond donors (Lipinski definition) is 2. The quantitative estimate of drug-likeness (QED) is 0.406. The summed E-state index contributed by atoms with van der Waals surface area (Å²) in [5.41, 5.74) is 3.68. The van der Waals surface area contributed by atoms with Crippen molar-refractivity contribution in [3.05, 3.63) is 82.7 Å². The number of imidazole rings is 1. The van der Waals surface area contributed by atoms with Gasteiger partial charge in [0, 0.05) is 30.0 Å². The van der Waals surface area contributed by atoms with Gasteiger partial charge in [0.1, 0.15) is 5.69 Å². The molecule has 10 heteroatoms. The van der Waals surface area contributed by atoms with Crippen molar-refractivity contribution in [1.82, 2.24) is 24.1 Å². The first kappa shape index (κ1) is 21.2. The number of pyridine rings is 1. The van der Waals surface area contributed by atoms with Crippen LogP contribution >= 0.6 is 11.3 Å². The van der Waals surface area contributed by atoms with Gasteiger partial charge in [-0.1, -0.05) is 0 Å². The van der Waals surface area contributed by atoms with E-state index in [-0.39, 0.29) is 18.1 Å². The average molecular weight is 465 g/mol. The standard InChI is InChI=1S/C23H21FN6O2S/c1-14-17(26-13-30(14)19-10-20(19)31)5-4-16-12-33-23(27-16)28-22(32)18-3-2-8-29(18)11-15-6-7-25-21(24)9-15/h2-9,12-13,19-20,31H,10-11H2,1H3,(H,27,28,32)/b5-4+. The number of thiazole rings is 1. The van der Waals surface area contributed by atoms with Crippen molar-refractivity contribution in [2.45, 2.75) is 32.0 Å². The van der Waals surface area contributed by atoms with Crippen molar-refractivity contribution >= 4 is 34.5 Å². The Labute approximate surface area is 193 Å². The van der Waals surface area contributed by atoms with E-state index in [2.05, 4.69) is 20.3 Å². The molecular weight excluding hydrogens is 443 g/mol. The summed E-state index contributed by atoms with van der Waals surface area (Å²) in [7, 11) is 0. The Morgan fingerprint density at radius 2 is 2.21 bits per heavy atom. The number of amides is 1. The van der Waals surface area contributed by atoms with E-state index in [1.54, 1.807) is 35.3 Å². The number of rotatable bonds is 7. The topological polar surface area (TPSA) is 97.9 Å². The minimum atomic E-state index is -0.555. The van der Waals surface area contributed by atoms with Gasteiger partial charge in [-0.25, -0.2) is 15.0 Å². The van der Waals surface area contributed by atoms with E-state index in [1.165, 1.54) is 23.6 Å². The summed E-state index contributed by atoms with van der Waals surface area (Å²) in [6, 6.07) is 6.65. The third-order valence-corrected chi connectivity index (χ3v) is 6.30. The van der Waals surface area contributed by atoms with Crippen molar-refractivity contribution < 1.29 is 14.3 Å². The Balaban J connectivity index is 1.24. The van der Waals surface area contributed by atoms with E-state index < -0.39 is 5.95 Å². The molecule has 33 heavy (non-hydrogen) atoms. The number of aliphatic hydroxyl groups is 1. The lowest BCUT2D eigenvalue weighted by Crippen LogP contribution is -2.17. The van der Waals surface area contributed by atoms with Crippen LogP contribution in [0.4, 0.5) is 9.52 Å². The molecule has 1 fully saturated rings. The number of nitrogens with zero attached hydrogens (tertiary/aromatic N) is 5. The smallest absolute Gasteiger partial charge is 0.274 e. The number of aliphatic hydroxyl groups excluding tert-OH is 1. The fourth-order valence-corrected chi connectivity index (χ4v) is 4.32. The van der Waals surface area contributed by atoms with Gasteiger partial charge >= 0.3 is 0 Å². The maximum Gasteiger partial charge on any atom is 0.274 e. The second-order valence-corrected chi connectivity index (χ2v) is 8.72. The number of carbonyl (C=O) groups excluding carboxylic acids is 1. The van der Waals surface area contributed by atoms with E-state index in [0.717, 1.165) is 17.8 Å². The summed E-state index contributed by atoms with van der Waals surface area (Å²) in [4.78, 5) is 25.2. The highest BCUT2D eigenvalue weighted by molar-refractivity contribution is 7.14. The normalized spacial score (nSPS) is 17.5. The maximum atomic E-state index is 13.4. The number of nitrogens with one attached hydrogen (secondary N) is 1. The number of hydrogen-bond acceptors (Lipinski definition) is 6. The highest BCUT2D eigenvalue weighted by Gasteiger charge is 2.37. The van der Waals surface area contributed by atoms with Crippen LogP contribution in [0.2, 0.25) is 0 Å². The summed E-state index contributed by atoms with van der Waals surface area (Å²) in [5.74, 6) is -0.849. The molecule has 0 bridgehead atoms. The highest BCUT2D eigenvalue weighted by Crippen LogP contribution is 2.37. The molecule has 4 aromatic rings. The number of halogens is 1. The van der Waals surface area contributed by atoms with Crippen LogP contribution in [-0.4, -0.2) is 41.2 Å². The van der Waals surface area contributed by atoms with Crippen molar-refractivity contribution in [3.63, 3.8) is 0 Å². The predicted octanol–water partition coefficient (Wildman–Crippen LogP) is 3.76. The Morgan fingerprint density at radius 3 is 3.00 bits per heavy atom. The van der Waals surface area contributed by atoms with Crippen LogP contribution in [-0.2, 0) is 6.54 Å². The minimum Gasteiger partial charge on any atom is -0.391 e. The van der Waals surface area contributed by atoms with Crippen LogP contribution < -0.4 is 5.32 Å². The SMILES string of the molecule is Cc1c(/C=C/c2csc(NC(=O)c3cccn3Cc3ccnc(F)c3)n2)ncn1C1CC1O. The molecule has 1 aliphatic rings. The Bertz CT molecular complexity index is 1340. The van der Waals surface area contributed by atoms with Crippen LogP contribution in [0.3, 0.4) is 0 Å². The summed E-state index contributed by atoms with van der Waals surface area (Å²) >= 11 is 1.33. The molecule has 2 N–H and O–H groups in total. The highest BCUT2D eigenvalue weighted by atomic mass is 32.1. The van der Waals surface area contributed by atoms with Gasteiger partial charge in [0.25, 0.3) is 5.91 Å². The average Bonchev–Trinajstić information content (AvgIpc) is 3.16. The first-order valence-corrected chi connectivity index (χ1v) is 11.3. The van der Waals surface area contributed by atoms with Crippen molar-refractivity contribution in [3.8, 4) is 0 Å².